The van der Waals surface area contributed by atoms with Crippen LogP contribution in [0.1, 0.15) is 13.4 Å². The number of hydrogen-bond donors (Lipinski definition) is 2. The van der Waals surface area contributed by atoms with Gasteiger partial charge in [-0.25, -0.2) is 9.97 Å². The molecule has 2 heterocycles. The van der Waals surface area contributed by atoms with Crippen LogP contribution in [0.3, 0.4) is 0 Å². The largest absolute Gasteiger partial charge is 0.486 e. The maximum Gasteiger partial charge on any atom is 0.247 e. The van der Waals surface area contributed by atoms with E-state index in [0.717, 1.165) is 12.1 Å². The first-order valence-corrected chi connectivity index (χ1v) is 9.42. The molecule has 0 bridgehead atoms. The molecule has 1 unspecified atom stereocenters. The molecule has 0 saturated carbocycles. The Kier molecular flexibility index (Phi) is 5.23. The van der Waals surface area contributed by atoms with E-state index in [-0.39, 0.29) is 12.0 Å². The van der Waals surface area contributed by atoms with Crippen LogP contribution in [-0.2, 0) is 9.53 Å². The van der Waals surface area contributed by atoms with Gasteiger partial charge >= 0.3 is 0 Å². The number of nitrogens with one attached hydrogen (secondary N) is 2. The van der Waals surface area contributed by atoms with Gasteiger partial charge in [0.05, 0.1) is 24.4 Å². The number of benzene rings is 2. The van der Waals surface area contributed by atoms with Crippen LogP contribution in [0.4, 0.5) is 17.2 Å². The number of amides is 1. The lowest BCUT2D eigenvalue weighted by molar-refractivity contribution is -0.111. The van der Waals surface area contributed by atoms with Crippen molar-refractivity contribution in [2.45, 2.75) is 12.5 Å². The van der Waals surface area contributed by atoms with Crippen LogP contribution in [0.15, 0.2) is 55.4 Å². The van der Waals surface area contributed by atoms with Gasteiger partial charge in [0.25, 0.3) is 0 Å². The molecule has 1 saturated heterocycles. The topological polar surface area (TPSA) is 85.4 Å². The maximum absolute atomic E-state index is 12.0. The number of ether oxygens (including phenoxy) is 2. The number of fused-ring (bicyclic) bond motifs is 1. The van der Waals surface area contributed by atoms with Crippen molar-refractivity contribution in [1.29, 1.82) is 0 Å². The summed E-state index contributed by atoms with van der Waals surface area (Å²) in [5, 5.41) is 6.76. The summed E-state index contributed by atoms with van der Waals surface area (Å²) in [6.45, 7) is 4.66. The molecule has 0 spiro atoms. The third-order valence-corrected chi connectivity index (χ3v) is 4.63. The van der Waals surface area contributed by atoms with Gasteiger partial charge < -0.3 is 20.1 Å². The fraction of sp³-hybridized carbons (Fsp3) is 0.174. The van der Waals surface area contributed by atoms with E-state index in [0.29, 0.717) is 46.9 Å². The van der Waals surface area contributed by atoms with E-state index in [1.54, 1.807) is 12.1 Å². The Balaban J connectivity index is 1.73. The molecule has 7 heteroatoms. The number of anilines is 3. The van der Waals surface area contributed by atoms with Gasteiger partial charge in [-0.3, -0.25) is 4.79 Å². The number of carbonyl (C=O) groups excluding carboxylic acids is 1. The van der Waals surface area contributed by atoms with Crippen LogP contribution < -0.4 is 15.4 Å². The minimum absolute atomic E-state index is 0.0860. The maximum atomic E-state index is 12.0. The Morgan fingerprint density at radius 1 is 1.40 bits per heavy atom. The molecule has 1 atom stereocenters. The quantitative estimate of drug-likeness (QED) is 0.484. The number of terminal acetylenes is 1. The molecule has 1 fully saturated rings. The molecule has 0 aliphatic carbocycles. The normalized spacial score (nSPS) is 15.6. The standard InChI is InChI=1S/C23H20N4O3/c1-3-15-6-5-7-16(10-15)26-23-18-11-20(27-22(28)4-2)21(12-19(18)24-14-25-23)30-17-8-9-29-13-17/h1,4-7,10-12,14,17H,2,8-9,13H2,(H,27,28)(H,24,25,26)/i1D. The van der Waals surface area contributed by atoms with Crippen molar-refractivity contribution in [3.05, 3.63) is 60.9 Å². The number of nitrogens with zero attached hydrogens (tertiary/aromatic N) is 2. The van der Waals surface area contributed by atoms with E-state index in [1.807, 2.05) is 24.3 Å². The second-order valence-electron chi connectivity index (χ2n) is 6.72. The predicted molar refractivity (Wildman–Crippen MR) is 116 cm³/mol. The molecule has 150 valence electrons. The molecular formula is C23H20N4O3. The van der Waals surface area contributed by atoms with Gasteiger partial charge in [0.15, 0.2) is 0 Å². The fourth-order valence-corrected chi connectivity index (χ4v) is 3.16. The Hall–Kier alpha value is -3.89. The summed E-state index contributed by atoms with van der Waals surface area (Å²) in [4.78, 5) is 20.7. The zero-order valence-electron chi connectivity index (χ0n) is 17.1. The molecule has 2 aromatic carbocycles. The molecule has 1 aromatic heterocycles. The van der Waals surface area contributed by atoms with Gasteiger partial charge in [0.2, 0.25) is 5.91 Å². The molecule has 1 aliphatic heterocycles. The molecule has 30 heavy (non-hydrogen) atoms. The van der Waals surface area contributed by atoms with Crippen molar-refractivity contribution >= 4 is 34.0 Å². The summed E-state index contributed by atoms with van der Waals surface area (Å²) in [5.74, 6) is 3.43. The summed E-state index contributed by atoms with van der Waals surface area (Å²) in [5.41, 5.74) is 2.63. The van der Waals surface area contributed by atoms with Crippen LogP contribution in [0, 0.1) is 12.3 Å². The zero-order valence-corrected chi connectivity index (χ0v) is 16.1. The lowest BCUT2D eigenvalue weighted by Crippen LogP contribution is -2.18. The first-order valence-electron chi connectivity index (χ1n) is 9.92. The first-order chi connectivity index (χ1) is 15.2. The van der Waals surface area contributed by atoms with Crippen LogP contribution >= 0.6 is 0 Å². The monoisotopic (exact) mass is 401 g/mol. The van der Waals surface area contributed by atoms with Gasteiger partial charge in [-0.05, 0) is 30.3 Å². The van der Waals surface area contributed by atoms with Gasteiger partial charge in [-0.2, -0.15) is 0 Å². The minimum atomic E-state index is -0.347. The van der Waals surface area contributed by atoms with Crippen molar-refractivity contribution in [1.82, 2.24) is 9.97 Å². The Bertz CT molecular complexity index is 1200. The highest BCUT2D eigenvalue weighted by atomic mass is 16.5. The molecule has 0 radical (unpaired) electrons. The van der Waals surface area contributed by atoms with E-state index in [1.165, 1.54) is 12.4 Å². The zero-order chi connectivity index (χ0) is 21.6. The van der Waals surface area contributed by atoms with Crippen LogP contribution in [-0.4, -0.2) is 35.2 Å². The molecule has 1 amide bonds. The number of carbonyl (C=O) groups is 1. The lowest BCUT2D eigenvalue weighted by Gasteiger charge is -2.17. The van der Waals surface area contributed by atoms with Crippen LogP contribution in [0.2, 0.25) is 0 Å². The summed E-state index contributed by atoms with van der Waals surface area (Å²) in [7, 11) is 0. The Labute approximate surface area is 175 Å². The van der Waals surface area contributed by atoms with Gasteiger partial charge in [0, 0.05) is 29.1 Å². The predicted octanol–water partition coefficient (Wildman–Crippen LogP) is 3.65. The molecule has 3 aromatic rings. The highest BCUT2D eigenvalue weighted by Gasteiger charge is 2.20. The number of aromatic nitrogens is 2. The van der Waals surface area contributed by atoms with E-state index >= 15 is 0 Å². The molecule has 1 aliphatic rings. The second kappa shape index (κ2) is 8.64. The highest BCUT2D eigenvalue weighted by Crippen LogP contribution is 2.34. The van der Waals surface area contributed by atoms with Gasteiger partial charge in [-0.15, -0.1) is 6.40 Å². The third kappa shape index (κ3) is 4.24. The van der Waals surface area contributed by atoms with Crippen molar-refractivity contribution < 1.29 is 15.6 Å². The van der Waals surface area contributed by atoms with Crippen molar-refractivity contribution in [3.63, 3.8) is 0 Å². The highest BCUT2D eigenvalue weighted by molar-refractivity contribution is 6.03. The van der Waals surface area contributed by atoms with Crippen molar-refractivity contribution in [3.8, 4) is 18.1 Å². The van der Waals surface area contributed by atoms with Gasteiger partial charge in [-0.1, -0.05) is 18.6 Å². The summed E-state index contributed by atoms with van der Waals surface area (Å²) < 4.78 is 18.5. The first kappa shape index (κ1) is 18.2. The van der Waals surface area contributed by atoms with E-state index < -0.39 is 0 Å². The summed E-state index contributed by atoms with van der Waals surface area (Å²) >= 11 is 0. The summed E-state index contributed by atoms with van der Waals surface area (Å²) in [6, 6.07) is 10.9. The molecular weight excluding hydrogens is 380 g/mol. The Morgan fingerprint density at radius 3 is 3.13 bits per heavy atom. The fourth-order valence-electron chi connectivity index (χ4n) is 3.16. The SMILES string of the molecule is [2H]C#Cc1cccc(Nc2ncnc3cc(OC4CCOC4)c(NC(=O)C=C)cc23)c1. The number of rotatable bonds is 6. The van der Waals surface area contributed by atoms with Crippen LogP contribution in [0.25, 0.3) is 10.9 Å². The third-order valence-electron chi connectivity index (χ3n) is 4.63. The average molecular weight is 401 g/mol. The number of hydrogen-bond acceptors (Lipinski definition) is 6. The second-order valence-corrected chi connectivity index (χ2v) is 6.72. The van der Waals surface area contributed by atoms with Crippen LogP contribution in [0.5, 0.6) is 5.75 Å². The Morgan fingerprint density at radius 2 is 2.33 bits per heavy atom. The molecule has 2 N–H and O–H groups in total. The molecule has 7 nitrogen and oxygen atoms in total. The average Bonchev–Trinajstić information content (AvgIpc) is 3.28. The molecule has 4 rings (SSSR count). The lowest BCUT2D eigenvalue weighted by atomic mass is 10.1. The smallest absolute Gasteiger partial charge is 0.247 e. The minimum Gasteiger partial charge on any atom is -0.486 e. The summed E-state index contributed by atoms with van der Waals surface area (Å²) in [6.07, 6.45) is 5.50. The van der Waals surface area contributed by atoms with E-state index in [4.69, 9.17) is 10.8 Å². The van der Waals surface area contributed by atoms with Gasteiger partial charge in [0.1, 0.15) is 25.4 Å². The van der Waals surface area contributed by atoms with E-state index in [2.05, 4.69) is 39.5 Å². The van der Waals surface area contributed by atoms with Crippen molar-refractivity contribution in [2.24, 2.45) is 0 Å². The van der Waals surface area contributed by atoms with Crippen molar-refractivity contribution in [2.75, 3.05) is 23.8 Å². The van der Waals surface area contributed by atoms with E-state index in [9.17, 15) is 4.79 Å².